The van der Waals surface area contributed by atoms with Gasteiger partial charge in [0.15, 0.2) is 0 Å². The second kappa shape index (κ2) is 12.8. The van der Waals surface area contributed by atoms with Gasteiger partial charge >= 0.3 is 0 Å². The first kappa shape index (κ1) is 29.4. The first-order valence-corrected chi connectivity index (χ1v) is 14.2. The number of hydrogen-bond donors (Lipinski definition) is 1. The molecule has 6 nitrogen and oxygen atoms in total. The fourth-order valence-electron chi connectivity index (χ4n) is 5.11. The van der Waals surface area contributed by atoms with Gasteiger partial charge in [0, 0.05) is 35.3 Å². The van der Waals surface area contributed by atoms with Gasteiger partial charge < -0.3 is 19.7 Å². The number of piperidine rings is 1. The van der Waals surface area contributed by atoms with Crippen LogP contribution in [0.15, 0.2) is 84.9 Å². The summed E-state index contributed by atoms with van der Waals surface area (Å²) < 4.78 is 24.9. The Morgan fingerprint density at radius 3 is 2.38 bits per heavy atom. The predicted octanol–water partition coefficient (Wildman–Crippen LogP) is 8.04. The molecule has 0 bridgehead atoms. The van der Waals surface area contributed by atoms with Crippen LogP contribution in [-0.4, -0.2) is 18.9 Å². The predicted molar refractivity (Wildman–Crippen MR) is 162 cm³/mol. The van der Waals surface area contributed by atoms with Crippen molar-refractivity contribution >= 4 is 40.7 Å². The van der Waals surface area contributed by atoms with E-state index in [9.17, 15) is 14.0 Å². The van der Waals surface area contributed by atoms with Crippen molar-refractivity contribution in [2.45, 2.75) is 32.4 Å². The second-order valence-electron chi connectivity index (χ2n) is 10.1. The van der Waals surface area contributed by atoms with Gasteiger partial charge in [0.1, 0.15) is 23.1 Å². The van der Waals surface area contributed by atoms with Crippen LogP contribution in [0.4, 0.5) is 10.1 Å². The highest BCUT2D eigenvalue weighted by molar-refractivity contribution is 6.31. The fourth-order valence-corrected chi connectivity index (χ4v) is 5.44. The summed E-state index contributed by atoms with van der Waals surface area (Å²) >= 11 is 12.2. The molecule has 0 saturated carbocycles. The summed E-state index contributed by atoms with van der Waals surface area (Å²) in [7, 11) is 1.59. The summed E-state index contributed by atoms with van der Waals surface area (Å²) in [5.41, 5.74) is 3.29. The Kier molecular flexibility index (Phi) is 9.00. The number of rotatable bonds is 8. The number of amides is 2. The summed E-state index contributed by atoms with van der Waals surface area (Å²) in [5.74, 6) is 0.0833. The average molecular weight is 608 g/mol. The molecule has 2 unspecified atom stereocenters. The zero-order valence-electron chi connectivity index (χ0n) is 23.1. The topological polar surface area (TPSA) is 67.9 Å². The van der Waals surface area contributed by atoms with Gasteiger partial charge in [0.25, 0.3) is 0 Å². The molecule has 9 heteroatoms. The van der Waals surface area contributed by atoms with E-state index in [-0.39, 0.29) is 29.8 Å². The molecule has 1 N–H and O–H groups in total. The van der Waals surface area contributed by atoms with Crippen LogP contribution in [0, 0.1) is 18.7 Å². The Balaban J connectivity index is 1.42. The van der Waals surface area contributed by atoms with Crippen LogP contribution in [-0.2, 0) is 16.1 Å². The van der Waals surface area contributed by atoms with E-state index in [4.69, 9.17) is 32.7 Å². The summed E-state index contributed by atoms with van der Waals surface area (Å²) in [4.78, 5) is 28.9. The molecule has 4 aromatic carbocycles. The maximum Gasteiger partial charge on any atom is 0.227 e. The van der Waals surface area contributed by atoms with Crippen molar-refractivity contribution in [3.05, 3.63) is 117 Å². The molecule has 1 aliphatic rings. The highest BCUT2D eigenvalue weighted by atomic mass is 35.5. The van der Waals surface area contributed by atoms with Crippen molar-refractivity contribution in [1.82, 2.24) is 5.32 Å². The van der Waals surface area contributed by atoms with Crippen LogP contribution in [0.2, 0.25) is 10.0 Å². The largest absolute Gasteiger partial charge is 0.497 e. The van der Waals surface area contributed by atoms with E-state index < -0.39 is 17.8 Å². The molecule has 4 aromatic rings. The van der Waals surface area contributed by atoms with Gasteiger partial charge in [0.05, 0.1) is 24.1 Å². The monoisotopic (exact) mass is 606 g/mol. The number of nitrogens with one attached hydrogen (secondary N) is 1. The van der Waals surface area contributed by atoms with Crippen molar-refractivity contribution in [2.75, 3.05) is 12.0 Å². The molecule has 2 atom stereocenters. The van der Waals surface area contributed by atoms with E-state index >= 15 is 0 Å². The van der Waals surface area contributed by atoms with Crippen molar-refractivity contribution < 1.29 is 23.5 Å². The number of ether oxygens (including phenoxy) is 2. The van der Waals surface area contributed by atoms with Crippen LogP contribution in [0.5, 0.6) is 17.2 Å². The molecule has 1 aliphatic heterocycles. The molecule has 0 aromatic heterocycles. The maximum absolute atomic E-state index is 13.8. The molecule has 5 rings (SSSR count). The second-order valence-corrected chi connectivity index (χ2v) is 11.0. The first-order valence-electron chi connectivity index (χ1n) is 13.4. The molecule has 2 amide bonds. The number of halogens is 3. The molecule has 0 spiro atoms. The third kappa shape index (κ3) is 6.53. The van der Waals surface area contributed by atoms with E-state index in [1.165, 1.54) is 18.2 Å². The molecule has 1 saturated heterocycles. The van der Waals surface area contributed by atoms with Crippen molar-refractivity contribution in [1.29, 1.82) is 0 Å². The van der Waals surface area contributed by atoms with Crippen LogP contribution in [0.3, 0.4) is 0 Å². The zero-order chi connectivity index (χ0) is 29.8. The summed E-state index contributed by atoms with van der Waals surface area (Å²) in [5, 5.41) is 3.41. The lowest BCUT2D eigenvalue weighted by Crippen LogP contribution is -2.48. The number of methoxy groups -OCH3 is 1. The minimum Gasteiger partial charge on any atom is -0.497 e. The Labute approximate surface area is 254 Å². The Morgan fingerprint density at radius 2 is 1.69 bits per heavy atom. The summed E-state index contributed by atoms with van der Waals surface area (Å²) in [6, 6.07) is 23.8. The normalized spacial score (nSPS) is 16.7. The van der Waals surface area contributed by atoms with E-state index in [1.54, 1.807) is 30.2 Å². The van der Waals surface area contributed by atoms with Crippen molar-refractivity contribution in [3.8, 4) is 17.2 Å². The highest BCUT2D eigenvalue weighted by Gasteiger charge is 2.41. The third-order valence-corrected chi connectivity index (χ3v) is 7.83. The van der Waals surface area contributed by atoms with Crippen LogP contribution in [0.1, 0.15) is 35.6 Å². The van der Waals surface area contributed by atoms with Gasteiger partial charge in [-0.15, -0.1) is 0 Å². The molecule has 0 aliphatic carbocycles. The van der Waals surface area contributed by atoms with E-state index in [2.05, 4.69) is 5.32 Å². The molecule has 0 radical (unpaired) electrons. The SMILES string of the molecule is COc1ccc(C2C(C(=O)NCc3ccc(Cl)cc3Oc3ccc(F)c(Cl)c3)CCC(=O)N2c2ccc(C)cc2)cc1. The van der Waals surface area contributed by atoms with Gasteiger partial charge in [-0.25, -0.2) is 4.39 Å². The van der Waals surface area contributed by atoms with Gasteiger partial charge in [-0.05, 0) is 67.4 Å². The first-order chi connectivity index (χ1) is 20.2. The lowest BCUT2D eigenvalue weighted by atomic mass is 9.83. The van der Waals surface area contributed by atoms with Crippen LogP contribution >= 0.6 is 23.2 Å². The Morgan fingerprint density at radius 1 is 0.976 bits per heavy atom. The van der Waals surface area contributed by atoms with Gasteiger partial charge in [-0.2, -0.15) is 0 Å². The maximum atomic E-state index is 13.8. The Hall–Kier alpha value is -4.07. The van der Waals surface area contributed by atoms with E-state index in [0.717, 1.165) is 16.8 Å². The molecule has 216 valence electrons. The minimum atomic E-state index is -0.556. The molecular weight excluding hydrogens is 578 g/mol. The number of benzene rings is 4. The number of nitrogens with zero attached hydrogens (tertiary/aromatic N) is 1. The van der Waals surface area contributed by atoms with E-state index in [0.29, 0.717) is 34.3 Å². The molecule has 1 fully saturated rings. The van der Waals surface area contributed by atoms with Crippen molar-refractivity contribution in [3.63, 3.8) is 0 Å². The molecular formula is C33H29Cl2FN2O4. The number of aryl methyl sites for hydroxylation is 1. The van der Waals surface area contributed by atoms with Crippen LogP contribution < -0.4 is 19.7 Å². The molecule has 42 heavy (non-hydrogen) atoms. The number of hydrogen-bond acceptors (Lipinski definition) is 4. The lowest BCUT2D eigenvalue weighted by Gasteiger charge is -2.41. The highest BCUT2D eigenvalue weighted by Crippen LogP contribution is 2.41. The van der Waals surface area contributed by atoms with Crippen LogP contribution in [0.25, 0.3) is 0 Å². The summed E-state index contributed by atoms with van der Waals surface area (Å²) in [6.45, 7) is 2.13. The number of carbonyl (C=O) groups excluding carboxylic acids is 2. The smallest absolute Gasteiger partial charge is 0.227 e. The molecule has 1 heterocycles. The van der Waals surface area contributed by atoms with Gasteiger partial charge in [-0.3, -0.25) is 9.59 Å². The van der Waals surface area contributed by atoms with Gasteiger partial charge in [0.2, 0.25) is 11.8 Å². The quantitative estimate of drug-likeness (QED) is 0.220. The van der Waals surface area contributed by atoms with Crippen molar-refractivity contribution in [2.24, 2.45) is 5.92 Å². The van der Waals surface area contributed by atoms with E-state index in [1.807, 2.05) is 55.5 Å². The Bertz CT molecular complexity index is 1600. The lowest BCUT2D eigenvalue weighted by molar-refractivity contribution is -0.129. The van der Waals surface area contributed by atoms with Gasteiger partial charge in [-0.1, -0.05) is 59.1 Å². The third-order valence-electron chi connectivity index (χ3n) is 7.30. The number of anilines is 1. The minimum absolute atomic E-state index is 0.0462. The number of carbonyl (C=O) groups is 2. The summed E-state index contributed by atoms with van der Waals surface area (Å²) in [6.07, 6.45) is 0.626. The fraction of sp³-hybridized carbons (Fsp3) is 0.212. The zero-order valence-corrected chi connectivity index (χ0v) is 24.6. The standard InChI is InChI=1S/C33H29Cl2FN2O4/c1-20-3-9-24(10-4-20)38-31(39)16-14-27(32(38)21-6-11-25(41-2)12-7-21)33(40)37-19-22-5-8-23(34)17-30(22)42-26-13-15-29(36)28(35)18-26/h3-13,15,17-18,27,32H,14,16,19H2,1-2H3,(H,37,40). The average Bonchev–Trinajstić information content (AvgIpc) is 2.99.